The van der Waals surface area contributed by atoms with Crippen LogP contribution in [0.15, 0.2) is 35.4 Å². The van der Waals surface area contributed by atoms with Gasteiger partial charge in [0, 0.05) is 18.7 Å². The van der Waals surface area contributed by atoms with Crippen molar-refractivity contribution in [3.63, 3.8) is 0 Å². The molecule has 7 nitrogen and oxygen atoms in total. The van der Waals surface area contributed by atoms with Gasteiger partial charge in [0.2, 0.25) is 12.7 Å². The van der Waals surface area contributed by atoms with Crippen molar-refractivity contribution in [2.24, 2.45) is 0 Å². The van der Waals surface area contributed by atoms with Gasteiger partial charge >= 0.3 is 0 Å². The van der Waals surface area contributed by atoms with Crippen LogP contribution in [0.5, 0.6) is 11.5 Å². The van der Waals surface area contributed by atoms with Crippen molar-refractivity contribution in [1.82, 2.24) is 15.1 Å². The van der Waals surface area contributed by atoms with Gasteiger partial charge in [0.15, 0.2) is 11.5 Å². The number of ether oxygens (including phenoxy) is 3. The lowest BCUT2D eigenvalue weighted by atomic mass is 10.1. The predicted octanol–water partition coefficient (Wildman–Crippen LogP) is 2.60. The van der Waals surface area contributed by atoms with Crippen LogP contribution in [-0.4, -0.2) is 58.8 Å². The summed E-state index contributed by atoms with van der Waals surface area (Å²) < 4.78 is 16.4. The first-order chi connectivity index (χ1) is 13.1. The molecular formula is C19H21N3O4S. The maximum Gasteiger partial charge on any atom is 0.233 e. The molecule has 142 valence electrons. The van der Waals surface area contributed by atoms with E-state index in [2.05, 4.69) is 10.2 Å². The molecule has 0 N–H and O–H groups in total. The summed E-state index contributed by atoms with van der Waals surface area (Å²) in [7, 11) is 0. The molecule has 1 saturated heterocycles. The highest BCUT2D eigenvalue weighted by Crippen LogP contribution is 2.35. The van der Waals surface area contributed by atoms with Gasteiger partial charge in [-0.1, -0.05) is 11.8 Å². The second kappa shape index (κ2) is 7.74. The number of fused-ring (bicyclic) bond motifs is 1. The minimum absolute atomic E-state index is 0.0727. The first-order valence-electron chi connectivity index (χ1n) is 8.88. The number of nitrogens with zero attached hydrogens (tertiary/aromatic N) is 3. The fourth-order valence-corrected chi connectivity index (χ4v) is 3.93. The molecule has 0 spiro atoms. The van der Waals surface area contributed by atoms with Crippen molar-refractivity contribution in [2.45, 2.75) is 31.1 Å². The molecule has 1 aromatic heterocycles. The Labute approximate surface area is 162 Å². The van der Waals surface area contributed by atoms with E-state index in [0.717, 1.165) is 22.0 Å². The van der Waals surface area contributed by atoms with E-state index < -0.39 is 0 Å². The van der Waals surface area contributed by atoms with Crippen LogP contribution in [-0.2, 0) is 9.53 Å². The summed E-state index contributed by atoms with van der Waals surface area (Å²) in [6, 6.07) is 9.47. The Kier molecular flexibility index (Phi) is 5.18. The van der Waals surface area contributed by atoms with Gasteiger partial charge < -0.3 is 19.1 Å². The first-order valence-corrected chi connectivity index (χ1v) is 9.87. The summed E-state index contributed by atoms with van der Waals surface area (Å²) in [6.07, 6.45) is 0.145. The molecular weight excluding hydrogens is 366 g/mol. The Morgan fingerprint density at radius 1 is 1.11 bits per heavy atom. The summed E-state index contributed by atoms with van der Waals surface area (Å²) in [5, 5.41) is 9.24. The van der Waals surface area contributed by atoms with E-state index in [0.29, 0.717) is 24.6 Å². The average molecular weight is 387 g/mol. The van der Waals surface area contributed by atoms with Crippen LogP contribution in [0.2, 0.25) is 0 Å². The number of thioether (sulfide) groups is 1. The Bertz CT molecular complexity index is 820. The summed E-state index contributed by atoms with van der Waals surface area (Å²) in [6.45, 7) is 5.50. The SMILES string of the molecule is CC1CN(C(=O)CSc2ccc(-c3ccc4c(c3)OCO4)nn2)CC(C)O1. The lowest BCUT2D eigenvalue weighted by Crippen LogP contribution is -2.48. The highest BCUT2D eigenvalue weighted by molar-refractivity contribution is 7.99. The highest BCUT2D eigenvalue weighted by atomic mass is 32.2. The number of hydrogen-bond donors (Lipinski definition) is 0. The molecule has 8 heteroatoms. The van der Waals surface area contributed by atoms with Crippen LogP contribution in [0, 0.1) is 0 Å². The van der Waals surface area contributed by atoms with E-state index in [1.54, 1.807) is 0 Å². The van der Waals surface area contributed by atoms with Crippen LogP contribution < -0.4 is 9.47 Å². The topological polar surface area (TPSA) is 73.8 Å². The van der Waals surface area contributed by atoms with Gasteiger partial charge in [0.25, 0.3) is 0 Å². The van der Waals surface area contributed by atoms with E-state index in [1.165, 1.54) is 11.8 Å². The molecule has 4 rings (SSSR count). The number of hydrogen-bond acceptors (Lipinski definition) is 7. The first kappa shape index (κ1) is 18.1. The number of carbonyl (C=O) groups excluding carboxylic acids is 1. The summed E-state index contributed by atoms with van der Waals surface area (Å²) in [5.41, 5.74) is 1.66. The molecule has 2 aromatic rings. The Hall–Kier alpha value is -2.32. The molecule has 3 heterocycles. The smallest absolute Gasteiger partial charge is 0.233 e. The molecule has 2 atom stereocenters. The van der Waals surface area contributed by atoms with Gasteiger partial charge in [-0.15, -0.1) is 10.2 Å². The van der Waals surface area contributed by atoms with Crippen molar-refractivity contribution in [3.8, 4) is 22.8 Å². The predicted molar refractivity (Wildman–Crippen MR) is 101 cm³/mol. The van der Waals surface area contributed by atoms with E-state index in [4.69, 9.17) is 14.2 Å². The van der Waals surface area contributed by atoms with Gasteiger partial charge in [-0.25, -0.2) is 0 Å². The number of rotatable bonds is 4. The average Bonchev–Trinajstić information content (AvgIpc) is 3.13. The van der Waals surface area contributed by atoms with Gasteiger partial charge in [0.1, 0.15) is 5.03 Å². The summed E-state index contributed by atoms with van der Waals surface area (Å²) >= 11 is 1.40. The van der Waals surface area contributed by atoms with E-state index in [-0.39, 0.29) is 24.9 Å². The summed E-state index contributed by atoms with van der Waals surface area (Å²) in [5.74, 6) is 1.90. The summed E-state index contributed by atoms with van der Waals surface area (Å²) in [4.78, 5) is 14.3. The molecule has 1 fully saturated rings. The normalized spacial score (nSPS) is 21.3. The van der Waals surface area contributed by atoms with Crippen LogP contribution >= 0.6 is 11.8 Å². The van der Waals surface area contributed by atoms with Crippen molar-refractivity contribution in [2.75, 3.05) is 25.6 Å². The maximum atomic E-state index is 12.4. The molecule has 2 unspecified atom stereocenters. The molecule has 2 aliphatic rings. The number of benzene rings is 1. The second-order valence-electron chi connectivity index (χ2n) is 6.67. The van der Waals surface area contributed by atoms with Gasteiger partial charge in [-0.2, -0.15) is 0 Å². The Morgan fingerprint density at radius 2 is 1.89 bits per heavy atom. The molecule has 2 aliphatic heterocycles. The molecule has 1 amide bonds. The van der Waals surface area contributed by atoms with Crippen molar-refractivity contribution < 1.29 is 19.0 Å². The number of amides is 1. The van der Waals surface area contributed by atoms with Crippen LogP contribution in [0.4, 0.5) is 0 Å². The zero-order chi connectivity index (χ0) is 18.8. The zero-order valence-corrected chi connectivity index (χ0v) is 16.1. The molecule has 0 aliphatic carbocycles. The third kappa shape index (κ3) is 4.17. The fourth-order valence-electron chi connectivity index (χ4n) is 3.22. The Balaban J connectivity index is 1.36. The van der Waals surface area contributed by atoms with Gasteiger partial charge in [0.05, 0.1) is 23.7 Å². The van der Waals surface area contributed by atoms with E-state index in [9.17, 15) is 4.79 Å². The number of morpholine rings is 1. The minimum atomic E-state index is 0.0727. The van der Waals surface area contributed by atoms with Crippen molar-refractivity contribution in [1.29, 1.82) is 0 Å². The van der Waals surface area contributed by atoms with E-state index >= 15 is 0 Å². The second-order valence-corrected chi connectivity index (χ2v) is 7.67. The molecule has 0 saturated carbocycles. The van der Waals surface area contributed by atoms with Crippen LogP contribution in [0.1, 0.15) is 13.8 Å². The molecule has 0 bridgehead atoms. The minimum Gasteiger partial charge on any atom is -0.454 e. The standard InChI is InChI=1S/C19H21N3O4S/c1-12-8-22(9-13(2)26-12)19(23)10-27-18-6-4-15(20-21-18)14-3-5-16-17(7-14)25-11-24-16/h3-7,12-13H,8-11H2,1-2H3. The zero-order valence-electron chi connectivity index (χ0n) is 15.3. The third-order valence-electron chi connectivity index (χ3n) is 4.42. The molecule has 27 heavy (non-hydrogen) atoms. The van der Waals surface area contributed by atoms with Crippen molar-refractivity contribution >= 4 is 17.7 Å². The number of carbonyl (C=O) groups is 1. The van der Waals surface area contributed by atoms with Gasteiger partial charge in [-0.05, 0) is 44.2 Å². The lowest BCUT2D eigenvalue weighted by Gasteiger charge is -2.35. The largest absolute Gasteiger partial charge is 0.454 e. The van der Waals surface area contributed by atoms with Crippen LogP contribution in [0.25, 0.3) is 11.3 Å². The monoisotopic (exact) mass is 387 g/mol. The quantitative estimate of drug-likeness (QED) is 0.747. The molecule has 0 radical (unpaired) electrons. The third-order valence-corrected chi connectivity index (χ3v) is 5.33. The molecule has 1 aromatic carbocycles. The Morgan fingerprint density at radius 3 is 2.63 bits per heavy atom. The maximum absolute atomic E-state index is 12.4. The van der Waals surface area contributed by atoms with Crippen molar-refractivity contribution in [3.05, 3.63) is 30.3 Å². The highest BCUT2D eigenvalue weighted by Gasteiger charge is 2.25. The van der Waals surface area contributed by atoms with Gasteiger partial charge in [-0.3, -0.25) is 4.79 Å². The van der Waals surface area contributed by atoms with E-state index in [1.807, 2.05) is 49.1 Å². The number of aromatic nitrogens is 2. The van der Waals surface area contributed by atoms with Crippen LogP contribution in [0.3, 0.4) is 0 Å². The fraction of sp³-hybridized carbons (Fsp3) is 0.421. The lowest BCUT2D eigenvalue weighted by molar-refractivity contribution is -0.140.